The van der Waals surface area contributed by atoms with Gasteiger partial charge < -0.3 is 4.90 Å². The van der Waals surface area contributed by atoms with Crippen molar-refractivity contribution in [2.24, 2.45) is 5.92 Å². The second-order valence-corrected chi connectivity index (χ2v) is 10.0. The number of fused-ring (bicyclic) bond motifs is 8. The third-order valence-corrected chi connectivity index (χ3v) is 8.33. The van der Waals surface area contributed by atoms with E-state index >= 15 is 0 Å². The molecule has 0 radical (unpaired) electrons. The molecule has 0 N–H and O–H groups in total. The lowest BCUT2D eigenvalue weighted by Gasteiger charge is -2.30. The highest BCUT2D eigenvalue weighted by Crippen LogP contribution is 2.40. The highest BCUT2D eigenvalue weighted by Gasteiger charge is 2.26. The molecule has 1 saturated heterocycles. The zero-order valence-corrected chi connectivity index (χ0v) is 17.8. The van der Waals surface area contributed by atoms with Crippen molar-refractivity contribution in [3.8, 4) is 0 Å². The Hall–Kier alpha value is -2.20. The number of carbonyl (C=O) groups excluding carboxylic acids is 1. The summed E-state index contributed by atoms with van der Waals surface area (Å²) in [4.78, 5) is 21.8. The van der Waals surface area contributed by atoms with E-state index in [-0.39, 0.29) is 5.91 Å². The van der Waals surface area contributed by atoms with Crippen LogP contribution in [0.5, 0.6) is 0 Å². The minimum absolute atomic E-state index is 0.186. The Bertz CT molecular complexity index is 1250. The molecule has 0 unspecified atom stereocenters. The molecule has 29 heavy (non-hydrogen) atoms. The van der Waals surface area contributed by atoms with Crippen molar-refractivity contribution in [1.29, 1.82) is 0 Å². The molecule has 8 nitrogen and oxygen atoms in total. The number of amides is 1. The minimum Gasteiger partial charge on any atom is -0.342 e. The molecule has 1 aliphatic heterocycles. The van der Waals surface area contributed by atoms with Crippen LogP contribution in [0.15, 0.2) is 11.5 Å². The fourth-order valence-electron chi connectivity index (χ4n) is 4.48. The number of likely N-dealkylation sites (tertiary alicyclic amines) is 1. The topological polar surface area (TPSA) is 80.7 Å². The number of piperidine rings is 1. The van der Waals surface area contributed by atoms with Crippen LogP contribution in [0.25, 0.3) is 21.6 Å². The first-order chi connectivity index (χ1) is 14.2. The number of nitrogens with zero attached hydrogens (tertiary/aromatic N) is 7. The molecule has 5 heterocycles. The predicted molar refractivity (Wildman–Crippen MR) is 113 cm³/mol. The lowest BCUT2D eigenvalue weighted by molar-refractivity contribution is -0.129. The summed E-state index contributed by atoms with van der Waals surface area (Å²) >= 11 is 3.28. The number of carbonyl (C=O) groups is 1. The first-order valence-electron chi connectivity index (χ1n) is 10.1. The standard InChI is InChI=1S/C19H21N7OS2/c1-11-5-7-24(8-6-11)14(27)9-28-19-23-22-18-25(19)17-15(16-20-10-21-26(16)18)12-3-2-4-13(12)29-17/h10-11H,2-9H2,1H3. The molecule has 0 aromatic carbocycles. The van der Waals surface area contributed by atoms with Crippen molar-refractivity contribution in [1.82, 2.24) is 34.1 Å². The molecule has 1 aliphatic carbocycles. The molecule has 4 aromatic rings. The molecule has 4 aromatic heterocycles. The summed E-state index contributed by atoms with van der Waals surface area (Å²) in [6.07, 6.45) is 7.16. The molecule has 10 heteroatoms. The first-order valence-corrected chi connectivity index (χ1v) is 11.9. The van der Waals surface area contributed by atoms with Gasteiger partial charge in [-0.15, -0.1) is 21.5 Å². The molecule has 1 amide bonds. The second kappa shape index (κ2) is 6.66. The summed E-state index contributed by atoms with van der Waals surface area (Å²) in [5.41, 5.74) is 2.25. The SMILES string of the molecule is CC1CCN(C(=O)CSc2nnc3n4ncnc4c4c5c(sc4n23)CCC5)CC1. The first kappa shape index (κ1) is 17.6. The number of hydrogen-bond donors (Lipinski definition) is 0. The molecule has 0 saturated carbocycles. The van der Waals surface area contributed by atoms with E-state index in [0.717, 1.165) is 54.4 Å². The van der Waals surface area contributed by atoms with Crippen LogP contribution in [-0.4, -0.2) is 58.8 Å². The predicted octanol–water partition coefficient (Wildman–Crippen LogP) is 2.83. The van der Waals surface area contributed by atoms with Gasteiger partial charge in [0.25, 0.3) is 5.78 Å². The normalized spacial score (nSPS) is 17.8. The Balaban J connectivity index is 1.39. The zero-order valence-electron chi connectivity index (χ0n) is 16.2. The zero-order chi connectivity index (χ0) is 19.5. The van der Waals surface area contributed by atoms with Gasteiger partial charge in [0.2, 0.25) is 5.91 Å². The maximum Gasteiger partial charge on any atom is 0.260 e. The van der Waals surface area contributed by atoms with Gasteiger partial charge in [0, 0.05) is 18.0 Å². The van der Waals surface area contributed by atoms with Crippen LogP contribution in [0, 0.1) is 5.92 Å². The van der Waals surface area contributed by atoms with E-state index < -0.39 is 0 Å². The number of aryl methyl sites for hydroxylation is 2. The van der Waals surface area contributed by atoms with E-state index in [4.69, 9.17) is 0 Å². The summed E-state index contributed by atoms with van der Waals surface area (Å²) in [6.45, 7) is 3.98. The Morgan fingerprint density at radius 3 is 3.00 bits per heavy atom. The quantitative estimate of drug-likeness (QED) is 0.468. The number of thioether (sulfide) groups is 1. The van der Waals surface area contributed by atoms with Crippen molar-refractivity contribution >= 4 is 50.6 Å². The van der Waals surface area contributed by atoms with Crippen molar-refractivity contribution < 1.29 is 4.79 Å². The molecule has 0 bridgehead atoms. The Kier molecular flexibility index (Phi) is 4.05. The van der Waals surface area contributed by atoms with Crippen LogP contribution in [0.2, 0.25) is 0 Å². The lowest BCUT2D eigenvalue weighted by atomic mass is 9.99. The van der Waals surface area contributed by atoms with Crippen LogP contribution in [0.3, 0.4) is 0 Å². The molecule has 150 valence electrons. The lowest BCUT2D eigenvalue weighted by Crippen LogP contribution is -2.38. The number of aromatic nitrogens is 6. The molecule has 6 rings (SSSR count). The van der Waals surface area contributed by atoms with E-state index in [1.807, 2.05) is 16.2 Å². The van der Waals surface area contributed by atoms with E-state index in [1.165, 1.54) is 34.0 Å². The summed E-state index contributed by atoms with van der Waals surface area (Å²) < 4.78 is 3.84. The molecular formula is C19H21N7OS2. The average Bonchev–Trinajstić information content (AvgIpc) is 3.47. The largest absolute Gasteiger partial charge is 0.342 e. The van der Waals surface area contributed by atoms with Gasteiger partial charge in [0.15, 0.2) is 10.8 Å². The van der Waals surface area contributed by atoms with Gasteiger partial charge in [-0.2, -0.15) is 9.61 Å². The average molecular weight is 428 g/mol. The van der Waals surface area contributed by atoms with Gasteiger partial charge >= 0.3 is 0 Å². The Morgan fingerprint density at radius 1 is 1.28 bits per heavy atom. The van der Waals surface area contributed by atoms with E-state index in [0.29, 0.717) is 17.4 Å². The van der Waals surface area contributed by atoms with Crippen LogP contribution in [-0.2, 0) is 17.6 Å². The third kappa shape index (κ3) is 2.68. The highest BCUT2D eigenvalue weighted by molar-refractivity contribution is 7.99. The summed E-state index contributed by atoms with van der Waals surface area (Å²) in [6, 6.07) is 0. The fourth-order valence-corrected chi connectivity index (χ4v) is 6.76. The monoisotopic (exact) mass is 427 g/mol. The van der Waals surface area contributed by atoms with Crippen LogP contribution in [0.4, 0.5) is 0 Å². The van der Waals surface area contributed by atoms with Gasteiger partial charge in [-0.3, -0.25) is 4.79 Å². The van der Waals surface area contributed by atoms with E-state index in [2.05, 4.69) is 31.6 Å². The van der Waals surface area contributed by atoms with Crippen molar-refractivity contribution in [2.45, 2.75) is 44.2 Å². The van der Waals surface area contributed by atoms with Gasteiger partial charge in [-0.05, 0) is 43.6 Å². The number of hydrogen-bond acceptors (Lipinski definition) is 7. The number of rotatable bonds is 3. The van der Waals surface area contributed by atoms with Gasteiger partial charge in [0.05, 0.1) is 11.1 Å². The highest BCUT2D eigenvalue weighted by atomic mass is 32.2. The summed E-state index contributed by atoms with van der Waals surface area (Å²) in [7, 11) is 0. The second-order valence-electron chi connectivity index (χ2n) is 8.00. The fraction of sp³-hybridized carbons (Fsp3) is 0.526. The molecule has 1 fully saturated rings. The maximum atomic E-state index is 12.7. The van der Waals surface area contributed by atoms with Crippen molar-refractivity contribution in [3.05, 3.63) is 16.8 Å². The Labute approximate surface area is 175 Å². The van der Waals surface area contributed by atoms with Gasteiger partial charge in [-0.25, -0.2) is 9.38 Å². The maximum absolute atomic E-state index is 12.7. The van der Waals surface area contributed by atoms with Crippen molar-refractivity contribution in [3.63, 3.8) is 0 Å². The molecule has 0 spiro atoms. The Morgan fingerprint density at radius 2 is 2.14 bits per heavy atom. The van der Waals surface area contributed by atoms with Crippen LogP contribution < -0.4 is 0 Å². The van der Waals surface area contributed by atoms with Crippen molar-refractivity contribution in [2.75, 3.05) is 18.8 Å². The molecule has 2 aliphatic rings. The minimum atomic E-state index is 0.186. The third-order valence-electron chi connectivity index (χ3n) is 6.14. The summed E-state index contributed by atoms with van der Waals surface area (Å²) in [5, 5.41) is 15.1. The van der Waals surface area contributed by atoms with Gasteiger partial charge in [-0.1, -0.05) is 18.7 Å². The van der Waals surface area contributed by atoms with Gasteiger partial charge in [0.1, 0.15) is 11.2 Å². The van der Waals surface area contributed by atoms with E-state index in [9.17, 15) is 4.79 Å². The molecule has 0 atom stereocenters. The smallest absolute Gasteiger partial charge is 0.260 e. The summed E-state index contributed by atoms with van der Waals surface area (Å²) in [5.74, 6) is 1.94. The van der Waals surface area contributed by atoms with Crippen LogP contribution >= 0.6 is 23.1 Å². The van der Waals surface area contributed by atoms with E-state index in [1.54, 1.807) is 10.8 Å². The van der Waals surface area contributed by atoms with Crippen LogP contribution in [0.1, 0.15) is 36.6 Å². The number of thiophene rings is 1. The molecular weight excluding hydrogens is 406 g/mol.